The fourth-order valence-electron chi connectivity index (χ4n) is 2.97. The second-order valence-electron chi connectivity index (χ2n) is 6.15. The van der Waals surface area contributed by atoms with Gasteiger partial charge in [-0.1, -0.05) is 12.1 Å². The van der Waals surface area contributed by atoms with Crippen LogP contribution in [0.25, 0.3) is 0 Å². The molecule has 1 N–H and O–H groups in total. The van der Waals surface area contributed by atoms with Gasteiger partial charge < -0.3 is 10.0 Å². The number of carboxylic acid groups (broad SMARTS) is 1. The zero-order valence-electron chi connectivity index (χ0n) is 14.2. The number of rotatable bonds is 4. The third-order valence-electron chi connectivity index (χ3n) is 4.35. The predicted molar refractivity (Wildman–Crippen MR) is 87.7 cm³/mol. The first-order valence-electron chi connectivity index (χ1n) is 8.08. The molecule has 2 aromatic rings. The molecule has 7 nitrogen and oxygen atoms in total. The van der Waals surface area contributed by atoms with Crippen molar-refractivity contribution in [1.29, 1.82) is 0 Å². The van der Waals surface area contributed by atoms with Crippen LogP contribution in [0.3, 0.4) is 0 Å². The number of carbonyl (C=O) groups is 2. The molecule has 0 unspecified atom stereocenters. The lowest BCUT2D eigenvalue weighted by Gasteiger charge is -2.34. The molecular weight excluding hydrogens is 346 g/mol. The molecule has 1 aliphatic heterocycles. The maximum Gasteiger partial charge on any atom is 0.339 e. The predicted octanol–water partition coefficient (Wildman–Crippen LogP) is 1.35. The summed E-state index contributed by atoms with van der Waals surface area (Å²) >= 11 is 0. The number of benzene rings is 1. The lowest BCUT2D eigenvalue weighted by molar-refractivity contribution is 0.0602. The van der Waals surface area contributed by atoms with Crippen molar-refractivity contribution in [1.82, 2.24) is 19.6 Å². The molecule has 26 heavy (non-hydrogen) atoms. The summed E-state index contributed by atoms with van der Waals surface area (Å²) in [6.07, 6.45) is 1.29. The Morgan fingerprint density at radius 2 is 1.88 bits per heavy atom. The smallest absolute Gasteiger partial charge is 0.339 e. The van der Waals surface area contributed by atoms with Crippen LogP contribution >= 0.6 is 0 Å². The number of hydrogen-bond donors (Lipinski definition) is 1. The molecule has 0 saturated carbocycles. The van der Waals surface area contributed by atoms with Crippen molar-refractivity contribution < 1.29 is 23.5 Å². The molecule has 1 fully saturated rings. The molecule has 1 aromatic heterocycles. The number of aromatic nitrogens is 2. The SMILES string of the molecule is Cn1cc(C(=O)O)c(C(=O)N2CCN(Cc3cccc(F)c3F)CC2)n1. The summed E-state index contributed by atoms with van der Waals surface area (Å²) in [6, 6.07) is 4.06. The van der Waals surface area contributed by atoms with Crippen molar-refractivity contribution in [2.45, 2.75) is 6.54 Å². The number of amides is 1. The highest BCUT2D eigenvalue weighted by Gasteiger charge is 2.28. The minimum absolute atomic E-state index is 0.0929. The summed E-state index contributed by atoms with van der Waals surface area (Å²) in [4.78, 5) is 27.2. The zero-order chi connectivity index (χ0) is 18.8. The van der Waals surface area contributed by atoms with E-state index in [4.69, 9.17) is 0 Å². The van der Waals surface area contributed by atoms with E-state index in [1.165, 1.54) is 27.9 Å². The zero-order valence-corrected chi connectivity index (χ0v) is 14.2. The fraction of sp³-hybridized carbons (Fsp3) is 0.353. The summed E-state index contributed by atoms with van der Waals surface area (Å²) in [5.41, 5.74) is 0.0362. The Kier molecular flexibility index (Phi) is 4.99. The molecule has 0 radical (unpaired) electrons. The van der Waals surface area contributed by atoms with Crippen LogP contribution in [0.1, 0.15) is 26.4 Å². The van der Waals surface area contributed by atoms with Crippen LogP contribution in [0, 0.1) is 11.6 Å². The molecule has 1 aromatic carbocycles. The monoisotopic (exact) mass is 364 g/mol. The number of carboxylic acids is 1. The van der Waals surface area contributed by atoms with E-state index in [1.54, 1.807) is 7.05 Å². The largest absolute Gasteiger partial charge is 0.478 e. The molecule has 0 aliphatic carbocycles. The first-order chi connectivity index (χ1) is 12.4. The fourth-order valence-corrected chi connectivity index (χ4v) is 2.97. The van der Waals surface area contributed by atoms with Gasteiger partial charge >= 0.3 is 5.97 Å². The standard InChI is InChI=1S/C17H18F2N4O3/c1-21-10-12(17(25)26)15(20-21)16(24)23-7-5-22(6-8-23)9-11-3-2-4-13(18)14(11)19/h2-4,10H,5-9H2,1H3,(H,25,26). The first-order valence-corrected chi connectivity index (χ1v) is 8.08. The summed E-state index contributed by atoms with van der Waals surface area (Å²) in [5.74, 6) is -3.39. The topological polar surface area (TPSA) is 78.7 Å². The van der Waals surface area contributed by atoms with Crippen molar-refractivity contribution in [3.63, 3.8) is 0 Å². The molecule has 138 valence electrons. The van der Waals surface area contributed by atoms with Gasteiger partial charge in [0.15, 0.2) is 17.3 Å². The Morgan fingerprint density at radius 1 is 1.19 bits per heavy atom. The van der Waals surface area contributed by atoms with Gasteiger partial charge in [-0.05, 0) is 6.07 Å². The van der Waals surface area contributed by atoms with E-state index < -0.39 is 23.5 Å². The average Bonchev–Trinajstić information content (AvgIpc) is 3.01. The van der Waals surface area contributed by atoms with Crippen molar-refractivity contribution in [3.8, 4) is 0 Å². The van der Waals surface area contributed by atoms with E-state index in [0.717, 1.165) is 6.07 Å². The molecule has 1 saturated heterocycles. The van der Waals surface area contributed by atoms with Crippen molar-refractivity contribution in [2.75, 3.05) is 26.2 Å². The number of aromatic carboxylic acids is 1. The number of aryl methyl sites for hydroxylation is 1. The molecule has 0 spiro atoms. The molecule has 0 atom stereocenters. The Balaban J connectivity index is 1.64. The van der Waals surface area contributed by atoms with Gasteiger partial charge in [-0.2, -0.15) is 5.10 Å². The maximum atomic E-state index is 13.8. The Labute approximate surface area is 148 Å². The summed E-state index contributed by atoms with van der Waals surface area (Å²) in [5, 5.41) is 13.1. The van der Waals surface area contributed by atoms with Gasteiger partial charge in [-0.25, -0.2) is 13.6 Å². The minimum atomic E-state index is -1.21. The molecule has 2 heterocycles. The van der Waals surface area contributed by atoms with Crippen molar-refractivity contribution >= 4 is 11.9 Å². The number of halogens is 2. The van der Waals surface area contributed by atoms with Crippen LogP contribution in [-0.4, -0.2) is 62.7 Å². The second-order valence-corrected chi connectivity index (χ2v) is 6.15. The summed E-state index contributed by atoms with van der Waals surface area (Å²) < 4.78 is 28.4. The minimum Gasteiger partial charge on any atom is -0.478 e. The highest BCUT2D eigenvalue weighted by atomic mass is 19.2. The second kappa shape index (κ2) is 7.20. The van der Waals surface area contributed by atoms with Crippen LogP contribution in [0.5, 0.6) is 0 Å². The normalized spacial score (nSPS) is 15.3. The number of piperazine rings is 1. The van der Waals surface area contributed by atoms with E-state index in [0.29, 0.717) is 26.2 Å². The van der Waals surface area contributed by atoms with Crippen LogP contribution < -0.4 is 0 Å². The van der Waals surface area contributed by atoms with Gasteiger partial charge in [0.05, 0.1) is 0 Å². The number of nitrogens with zero attached hydrogens (tertiary/aromatic N) is 4. The van der Waals surface area contributed by atoms with Gasteiger partial charge in [0.1, 0.15) is 5.56 Å². The Morgan fingerprint density at radius 3 is 2.54 bits per heavy atom. The molecule has 1 aliphatic rings. The lowest BCUT2D eigenvalue weighted by atomic mass is 10.1. The highest BCUT2D eigenvalue weighted by molar-refractivity contribution is 6.03. The van der Waals surface area contributed by atoms with E-state index in [-0.39, 0.29) is 23.4 Å². The van der Waals surface area contributed by atoms with Gasteiger partial charge in [-0.15, -0.1) is 0 Å². The lowest BCUT2D eigenvalue weighted by Crippen LogP contribution is -2.48. The molecule has 3 rings (SSSR count). The third kappa shape index (κ3) is 3.57. The third-order valence-corrected chi connectivity index (χ3v) is 4.35. The van der Waals surface area contributed by atoms with Crippen LogP contribution in [-0.2, 0) is 13.6 Å². The Hall–Kier alpha value is -2.81. The van der Waals surface area contributed by atoms with Gasteiger partial charge in [0.2, 0.25) is 0 Å². The van der Waals surface area contributed by atoms with Crippen LogP contribution in [0.2, 0.25) is 0 Å². The van der Waals surface area contributed by atoms with Crippen molar-refractivity contribution in [2.24, 2.45) is 7.05 Å². The number of carbonyl (C=O) groups excluding carboxylic acids is 1. The van der Waals surface area contributed by atoms with E-state index in [2.05, 4.69) is 5.10 Å². The molecule has 0 bridgehead atoms. The highest BCUT2D eigenvalue weighted by Crippen LogP contribution is 2.16. The van der Waals surface area contributed by atoms with Gasteiger partial charge in [0.25, 0.3) is 5.91 Å². The molecular formula is C17H18F2N4O3. The molecule has 9 heteroatoms. The van der Waals surface area contributed by atoms with E-state index in [1.807, 2.05) is 4.90 Å². The van der Waals surface area contributed by atoms with Crippen LogP contribution in [0.4, 0.5) is 8.78 Å². The maximum absolute atomic E-state index is 13.8. The van der Waals surface area contributed by atoms with E-state index in [9.17, 15) is 23.5 Å². The number of hydrogen-bond acceptors (Lipinski definition) is 4. The van der Waals surface area contributed by atoms with Crippen LogP contribution in [0.15, 0.2) is 24.4 Å². The first kappa shape index (κ1) is 18.0. The Bertz CT molecular complexity index is 845. The van der Waals surface area contributed by atoms with E-state index >= 15 is 0 Å². The van der Waals surface area contributed by atoms with Crippen molar-refractivity contribution in [3.05, 3.63) is 52.9 Å². The molecule has 1 amide bonds. The van der Waals surface area contributed by atoms with Gasteiger partial charge in [-0.3, -0.25) is 14.4 Å². The summed E-state index contributed by atoms with van der Waals surface area (Å²) in [7, 11) is 1.55. The van der Waals surface area contributed by atoms with Gasteiger partial charge in [0, 0.05) is 51.5 Å². The summed E-state index contributed by atoms with van der Waals surface area (Å²) in [6.45, 7) is 1.89. The average molecular weight is 364 g/mol. The quantitative estimate of drug-likeness (QED) is 0.886.